The number of hydrazine groups is 1. The van der Waals surface area contributed by atoms with Gasteiger partial charge in [-0.2, -0.15) is 0 Å². The average Bonchev–Trinajstić information content (AvgIpc) is 3.13. The number of hydrogen-bond donors (Lipinski definition) is 4. The number of hydrogen-bond acceptors (Lipinski definition) is 8. The minimum absolute atomic E-state index is 0.00298. The molecule has 1 amide bonds. The first-order valence-electron chi connectivity index (χ1n) is 7.91. The summed E-state index contributed by atoms with van der Waals surface area (Å²) in [5.41, 5.74) is 6.46. The van der Waals surface area contributed by atoms with E-state index in [0.717, 1.165) is 18.0 Å². The van der Waals surface area contributed by atoms with Crippen LogP contribution in [0, 0.1) is 6.92 Å². The molecule has 3 rings (SSSR count). The van der Waals surface area contributed by atoms with Gasteiger partial charge in [0.05, 0.1) is 17.5 Å². The third-order valence-corrected chi connectivity index (χ3v) is 4.03. The molecule has 1 saturated carbocycles. The molecule has 1 aliphatic carbocycles. The number of nitrogens with two attached hydrogens (primary N) is 2. The van der Waals surface area contributed by atoms with E-state index in [1.165, 1.54) is 13.4 Å². The second-order valence-electron chi connectivity index (χ2n) is 6.47. The standard InChI is InChI=1S/C15H22N8O2/c1-8-10(13(24)18-6-9(16)22-23(3)17)11-12(21-15(2)4-5-15)19-7-20-14(11)25-8/h7H,4-6,17H2,1-3H3,(H2,16,22)(H,18,24)(H,19,20,21). The van der Waals surface area contributed by atoms with E-state index in [2.05, 4.69) is 32.6 Å². The number of hydrazone groups is 1. The number of fused-ring (bicyclic) bond motifs is 1. The first-order valence-corrected chi connectivity index (χ1v) is 7.91. The monoisotopic (exact) mass is 346 g/mol. The number of anilines is 1. The second kappa shape index (κ2) is 6.20. The fourth-order valence-corrected chi connectivity index (χ4v) is 2.51. The average molecular weight is 346 g/mol. The van der Waals surface area contributed by atoms with E-state index in [-0.39, 0.29) is 23.8 Å². The quantitative estimate of drug-likeness (QED) is 0.253. The zero-order chi connectivity index (χ0) is 18.2. The predicted molar refractivity (Wildman–Crippen MR) is 93.7 cm³/mol. The summed E-state index contributed by atoms with van der Waals surface area (Å²) < 4.78 is 5.63. The molecule has 0 aromatic carbocycles. The van der Waals surface area contributed by atoms with Crippen molar-refractivity contribution in [1.82, 2.24) is 20.4 Å². The highest BCUT2D eigenvalue weighted by atomic mass is 16.3. The molecule has 134 valence electrons. The van der Waals surface area contributed by atoms with Crippen molar-refractivity contribution in [2.75, 3.05) is 18.9 Å². The van der Waals surface area contributed by atoms with Crippen LogP contribution in [0.15, 0.2) is 15.8 Å². The molecule has 6 N–H and O–H groups in total. The van der Waals surface area contributed by atoms with Crippen LogP contribution in [-0.4, -0.2) is 46.0 Å². The zero-order valence-corrected chi connectivity index (χ0v) is 14.5. The summed E-state index contributed by atoms with van der Waals surface area (Å²) in [5, 5.41) is 11.5. The number of amides is 1. The molecule has 0 unspecified atom stereocenters. The van der Waals surface area contributed by atoms with Gasteiger partial charge in [-0.15, -0.1) is 5.10 Å². The maximum Gasteiger partial charge on any atom is 0.256 e. The maximum absolute atomic E-state index is 12.7. The summed E-state index contributed by atoms with van der Waals surface area (Å²) >= 11 is 0. The topological polar surface area (TPSA) is 148 Å². The lowest BCUT2D eigenvalue weighted by atomic mass is 10.1. The zero-order valence-electron chi connectivity index (χ0n) is 14.5. The van der Waals surface area contributed by atoms with Crippen LogP contribution in [0.1, 0.15) is 35.9 Å². The number of nitrogens with one attached hydrogen (secondary N) is 2. The Hall–Kier alpha value is -2.88. The summed E-state index contributed by atoms with van der Waals surface area (Å²) in [4.78, 5) is 21.1. The second-order valence-corrected chi connectivity index (χ2v) is 6.47. The molecular formula is C15H22N8O2. The summed E-state index contributed by atoms with van der Waals surface area (Å²) in [7, 11) is 1.54. The highest BCUT2D eigenvalue weighted by Crippen LogP contribution is 2.40. The van der Waals surface area contributed by atoms with E-state index in [0.29, 0.717) is 28.2 Å². The minimum Gasteiger partial charge on any atom is -0.442 e. The van der Waals surface area contributed by atoms with Crippen molar-refractivity contribution in [3.05, 3.63) is 17.7 Å². The molecule has 0 saturated heterocycles. The third kappa shape index (κ3) is 3.63. The van der Waals surface area contributed by atoms with Gasteiger partial charge in [0.15, 0.2) is 0 Å². The van der Waals surface area contributed by atoms with Gasteiger partial charge in [0, 0.05) is 12.6 Å². The molecule has 10 heteroatoms. The smallest absolute Gasteiger partial charge is 0.256 e. The van der Waals surface area contributed by atoms with Crippen molar-refractivity contribution in [1.29, 1.82) is 0 Å². The van der Waals surface area contributed by atoms with Crippen molar-refractivity contribution in [3.63, 3.8) is 0 Å². The van der Waals surface area contributed by atoms with Gasteiger partial charge >= 0.3 is 0 Å². The Balaban J connectivity index is 1.89. The molecule has 10 nitrogen and oxygen atoms in total. The van der Waals surface area contributed by atoms with Gasteiger partial charge in [0.1, 0.15) is 23.7 Å². The molecule has 0 aliphatic heterocycles. The van der Waals surface area contributed by atoms with E-state index in [1.54, 1.807) is 6.92 Å². The number of amidine groups is 1. The molecule has 2 aromatic rings. The fourth-order valence-electron chi connectivity index (χ4n) is 2.51. The molecule has 0 bridgehead atoms. The van der Waals surface area contributed by atoms with Crippen molar-refractivity contribution in [3.8, 4) is 0 Å². The van der Waals surface area contributed by atoms with Gasteiger partial charge in [0.25, 0.3) is 5.91 Å². The van der Waals surface area contributed by atoms with E-state index < -0.39 is 0 Å². The Morgan fingerprint density at radius 2 is 2.20 bits per heavy atom. The van der Waals surface area contributed by atoms with Crippen LogP contribution in [0.4, 0.5) is 5.82 Å². The van der Waals surface area contributed by atoms with E-state index in [9.17, 15) is 4.79 Å². The molecule has 0 spiro atoms. The Morgan fingerprint density at radius 1 is 1.48 bits per heavy atom. The van der Waals surface area contributed by atoms with Gasteiger partial charge in [-0.1, -0.05) is 0 Å². The minimum atomic E-state index is -0.340. The SMILES string of the molecule is Cc1oc2ncnc(NC3(C)CC3)c2c1C(=O)NC/C(N)=N/N(C)N. The van der Waals surface area contributed by atoms with E-state index >= 15 is 0 Å². The van der Waals surface area contributed by atoms with Gasteiger partial charge in [0.2, 0.25) is 5.71 Å². The van der Waals surface area contributed by atoms with Crippen LogP contribution in [0.3, 0.4) is 0 Å². The Labute approximate surface area is 144 Å². The van der Waals surface area contributed by atoms with Crippen LogP contribution in [0.25, 0.3) is 11.1 Å². The lowest BCUT2D eigenvalue weighted by molar-refractivity contribution is 0.0959. The molecule has 2 heterocycles. The summed E-state index contributed by atoms with van der Waals surface area (Å²) in [5.74, 6) is 6.29. The van der Waals surface area contributed by atoms with Crippen LogP contribution >= 0.6 is 0 Å². The van der Waals surface area contributed by atoms with Crippen molar-refractivity contribution >= 4 is 28.7 Å². The number of aromatic nitrogens is 2. The summed E-state index contributed by atoms with van der Waals surface area (Å²) in [6.07, 6.45) is 3.52. The number of rotatable bonds is 6. The predicted octanol–water partition coefficient (Wildman–Crippen LogP) is 0.303. The third-order valence-electron chi connectivity index (χ3n) is 4.03. The van der Waals surface area contributed by atoms with Crippen molar-refractivity contribution in [2.24, 2.45) is 16.7 Å². The highest BCUT2D eigenvalue weighted by molar-refractivity contribution is 6.10. The number of carbonyl (C=O) groups is 1. The van der Waals surface area contributed by atoms with Crippen molar-refractivity contribution < 1.29 is 9.21 Å². The van der Waals surface area contributed by atoms with Crippen LogP contribution < -0.4 is 22.2 Å². The Bertz CT molecular complexity index is 837. The van der Waals surface area contributed by atoms with Crippen LogP contribution in [-0.2, 0) is 0 Å². The first kappa shape index (κ1) is 17.0. The number of furan rings is 1. The first-order chi connectivity index (χ1) is 11.8. The van der Waals surface area contributed by atoms with E-state index in [4.69, 9.17) is 16.0 Å². The van der Waals surface area contributed by atoms with Gasteiger partial charge < -0.3 is 20.8 Å². The lowest BCUT2D eigenvalue weighted by Gasteiger charge is -2.13. The molecule has 1 aliphatic rings. The molecule has 2 aromatic heterocycles. The van der Waals surface area contributed by atoms with Gasteiger partial charge in [-0.25, -0.2) is 20.9 Å². The molecular weight excluding hydrogens is 324 g/mol. The van der Waals surface area contributed by atoms with Gasteiger partial charge in [-0.05, 0) is 26.7 Å². The Kier molecular flexibility index (Phi) is 4.21. The number of carbonyl (C=O) groups excluding carboxylic acids is 1. The summed E-state index contributed by atoms with van der Waals surface area (Å²) in [6, 6.07) is 0. The number of aryl methyl sites for hydroxylation is 1. The molecule has 25 heavy (non-hydrogen) atoms. The molecule has 0 radical (unpaired) electrons. The van der Waals surface area contributed by atoms with E-state index in [1.807, 2.05) is 0 Å². The number of nitrogens with zero attached hydrogens (tertiary/aromatic N) is 4. The summed E-state index contributed by atoms with van der Waals surface area (Å²) in [6.45, 7) is 3.87. The van der Waals surface area contributed by atoms with Crippen molar-refractivity contribution in [2.45, 2.75) is 32.2 Å². The van der Waals surface area contributed by atoms with Crippen LogP contribution in [0.2, 0.25) is 0 Å². The lowest BCUT2D eigenvalue weighted by Crippen LogP contribution is -2.36. The fraction of sp³-hybridized carbons (Fsp3) is 0.467. The largest absolute Gasteiger partial charge is 0.442 e. The molecule has 1 fully saturated rings. The molecule has 0 atom stereocenters. The normalized spacial score (nSPS) is 15.9. The maximum atomic E-state index is 12.7. The van der Waals surface area contributed by atoms with Gasteiger partial charge in [-0.3, -0.25) is 4.79 Å². The Morgan fingerprint density at radius 3 is 2.84 bits per heavy atom. The highest BCUT2D eigenvalue weighted by Gasteiger charge is 2.38. The van der Waals surface area contributed by atoms with Crippen LogP contribution in [0.5, 0.6) is 0 Å².